The van der Waals surface area contributed by atoms with Crippen molar-refractivity contribution in [2.24, 2.45) is 11.5 Å². The first-order chi connectivity index (χ1) is 8.49. The molecule has 94 valence electrons. The zero-order valence-corrected chi connectivity index (χ0v) is 10.7. The maximum Gasteiger partial charge on any atom is 0.250 e. The van der Waals surface area contributed by atoms with E-state index in [-0.39, 0.29) is 5.82 Å². The summed E-state index contributed by atoms with van der Waals surface area (Å²) in [5.74, 6) is -0.364. The van der Waals surface area contributed by atoms with Crippen molar-refractivity contribution in [2.75, 3.05) is 0 Å². The lowest BCUT2D eigenvalue weighted by Crippen LogP contribution is -2.48. The molecule has 1 aromatic carbocycles. The van der Waals surface area contributed by atoms with Gasteiger partial charge in [-0.2, -0.15) is 0 Å². The Hall–Kier alpha value is -2.08. The van der Waals surface area contributed by atoms with Gasteiger partial charge in [0, 0.05) is 0 Å². The van der Waals surface area contributed by atoms with Crippen molar-refractivity contribution in [3.05, 3.63) is 46.8 Å². The van der Waals surface area contributed by atoms with Crippen molar-refractivity contribution in [1.82, 2.24) is 10.6 Å². The molecule has 0 bridgehead atoms. The second kappa shape index (κ2) is 4.66. The molecule has 0 aliphatic carbocycles. The van der Waals surface area contributed by atoms with E-state index in [9.17, 15) is 4.79 Å². The van der Waals surface area contributed by atoms with Crippen LogP contribution in [0.5, 0.6) is 0 Å². The highest BCUT2D eigenvalue weighted by Crippen LogP contribution is 2.25. The molecule has 5 nitrogen and oxygen atoms in total. The topological polar surface area (TPSA) is 93.2 Å². The first kappa shape index (κ1) is 12.4. The highest BCUT2D eigenvalue weighted by Gasteiger charge is 2.28. The number of hydrogen-bond donors (Lipinski definition) is 4. The van der Waals surface area contributed by atoms with Crippen molar-refractivity contribution < 1.29 is 4.79 Å². The standard InChI is InChI=1S/C12H14N4OS/c1-6-2-4-7(5-3-6)9-8(11(14)17)10(13)16-12(18)15-9/h2-5,9H,13H2,1H3,(H2,14,17)(H2,15,16,18). The summed E-state index contributed by atoms with van der Waals surface area (Å²) in [4.78, 5) is 11.5. The normalized spacial score (nSPS) is 19.2. The van der Waals surface area contributed by atoms with E-state index in [0.717, 1.165) is 11.1 Å². The number of thiocarbonyl (C=S) groups is 1. The summed E-state index contributed by atoms with van der Waals surface area (Å²) < 4.78 is 0. The molecule has 0 spiro atoms. The molecule has 0 aromatic heterocycles. The minimum Gasteiger partial charge on any atom is -0.385 e. The van der Waals surface area contributed by atoms with Crippen LogP contribution in [-0.4, -0.2) is 11.0 Å². The van der Waals surface area contributed by atoms with Crippen LogP contribution in [0.1, 0.15) is 17.2 Å². The number of rotatable bonds is 2. The van der Waals surface area contributed by atoms with Crippen molar-refractivity contribution >= 4 is 23.2 Å². The van der Waals surface area contributed by atoms with Crippen LogP contribution in [0.15, 0.2) is 35.7 Å². The lowest BCUT2D eigenvalue weighted by molar-refractivity contribution is -0.115. The molecule has 1 aromatic rings. The molecule has 1 amide bonds. The Balaban J connectivity index is 2.46. The van der Waals surface area contributed by atoms with E-state index < -0.39 is 11.9 Å². The number of aryl methyl sites for hydroxylation is 1. The highest BCUT2D eigenvalue weighted by atomic mass is 32.1. The van der Waals surface area contributed by atoms with E-state index in [2.05, 4.69) is 10.6 Å². The van der Waals surface area contributed by atoms with Crippen molar-refractivity contribution in [1.29, 1.82) is 0 Å². The molecule has 18 heavy (non-hydrogen) atoms. The minimum atomic E-state index is -0.569. The summed E-state index contributed by atoms with van der Waals surface area (Å²) in [6.45, 7) is 1.99. The van der Waals surface area contributed by atoms with Crippen LogP contribution in [0.3, 0.4) is 0 Å². The van der Waals surface area contributed by atoms with E-state index in [4.69, 9.17) is 23.7 Å². The van der Waals surface area contributed by atoms with Crippen molar-refractivity contribution in [3.8, 4) is 0 Å². The van der Waals surface area contributed by atoms with Crippen LogP contribution < -0.4 is 22.1 Å². The predicted molar refractivity (Wildman–Crippen MR) is 73.2 cm³/mol. The average Bonchev–Trinajstić information content (AvgIpc) is 2.28. The molecule has 0 fully saturated rings. The van der Waals surface area contributed by atoms with Crippen LogP contribution in [0.4, 0.5) is 0 Å². The van der Waals surface area contributed by atoms with E-state index in [1.165, 1.54) is 0 Å². The molecule has 1 unspecified atom stereocenters. The van der Waals surface area contributed by atoms with Crippen molar-refractivity contribution in [3.63, 3.8) is 0 Å². The largest absolute Gasteiger partial charge is 0.385 e. The van der Waals surface area contributed by atoms with E-state index in [0.29, 0.717) is 10.7 Å². The average molecular weight is 262 g/mol. The summed E-state index contributed by atoms with van der Waals surface area (Å²) in [6, 6.07) is 7.33. The predicted octanol–water partition coefficient (Wildman–Crippen LogP) is 0.169. The Kier molecular flexibility index (Phi) is 3.20. The smallest absolute Gasteiger partial charge is 0.250 e. The van der Waals surface area contributed by atoms with Gasteiger partial charge in [-0.05, 0) is 24.7 Å². The van der Waals surface area contributed by atoms with Crippen LogP contribution in [0.2, 0.25) is 0 Å². The van der Waals surface area contributed by atoms with Crippen LogP contribution in [-0.2, 0) is 4.79 Å². The molecule has 0 saturated carbocycles. The van der Waals surface area contributed by atoms with Crippen molar-refractivity contribution in [2.45, 2.75) is 13.0 Å². The second-order valence-corrected chi connectivity index (χ2v) is 4.54. The van der Waals surface area contributed by atoms with Gasteiger partial charge in [-0.1, -0.05) is 29.8 Å². The van der Waals surface area contributed by atoms with Crippen LogP contribution >= 0.6 is 12.2 Å². The zero-order valence-electron chi connectivity index (χ0n) is 9.86. The van der Waals surface area contributed by atoms with Gasteiger partial charge in [-0.3, -0.25) is 4.79 Å². The van der Waals surface area contributed by atoms with Gasteiger partial charge in [0.15, 0.2) is 5.11 Å². The summed E-state index contributed by atoms with van der Waals surface area (Å²) in [6.07, 6.45) is 0. The number of carbonyl (C=O) groups excluding carboxylic acids is 1. The first-order valence-corrected chi connectivity index (χ1v) is 5.83. The molecule has 2 rings (SSSR count). The van der Waals surface area contributed by atoms with Gasteiger partial charge in [0.1, 0.15) is 5.82 Å². The number of amides is 1. The van der Waals surface area contributed by atoms with E-state index in [1.807, 2.05) is 31.2 Å². The third-order valence-corrected chi connectivity index (χ3v) is 3.00. The fraction of sp³-hybridized carbons (Fsp3) is 0.167. The van der Waals surface area contributed by atoms with Gasteiger partial charge < -0.3 is 22.1 Å². The second-order valence-electron chi connectivity index (χ2n) is 4.13. The lowest BCUT2D eigenvalue weighted by Gasteiger charge is -2.28. The summed E-state index contributed by atoms with van der Waals surface area (Å²) >= 11 is 5.04. The molecule has 6 N–H and O–H groups in total. The lowest BCUT2D eigenvalue weighted by atomic mass is 9.96. The number of benzene rings is 1. The van der Waals surface area contributed by atoms with E-state index in [1.54, 1.807) is 0 Å². The highest BCUT2D eigenvalue weighted by molar-refractivity contribution is 7.80. The number of primary amides is 1. The quantitative estimate of drug-likeness (QED) is 0.570. The molecule has 0 radical (unpaired) electrons. The molecule has 1 aliphatic rings. The van der Waals surface area contributed by atoms with Crippen LogP contribution in [0, 0.1) is 6.92 Å². The molecule has 1 aliphatic heterocycles. The maximum absolute atomic E-state index is 11.5. The molecular weight excluding hydrogens is 248 g/mol. The number of hydrogen-bond acceptors (Lipinski definition) is 3. The van der Waals surface area contributed by atoms with Gasteiger partial charge in [0.25, 0.3) is 5.91 Å². The van der Waals surface area contributed by atoms with Gasteiger partial charge in [-0.15, -0.1) is 0 Å². The number of carbonyl (C=O) groups is 1. The third-order valence-electron chi connectivity index (χ3n) is 2.78. The third kappa shape index (κ3) is 2.28. The Labute approximate surface area is 110 Å². The summed E-state index contributed by atoms with van der Waals surface area (Å²) in [5, 5.41) is 6.07. The Morgan fingerprint density at radius 1 is 1.33 bits per heavy atom. The Bertz CT molecular complexity index is 536. The SMILES string of the molecule is Cc1ccc(C2NC(=S)NC(N)=C2C(N)=O)cc1. The van der Waals surface area contributed by atoms with Crippen LogP contribution in [0.25, 0.3) is 0 Å². The summed E-state index contributed by atoms with van der Waals surface area (Å²) in [7, 11) is 0. The minimum absolute atomic E-state index is 0.205. The Morgan fingerprint density at radius 3 is 2.50 bits per heavy atom. The first-order valence-electron chi connectivity index (χ1n) is 5.42. The number of nitrogens with two attached hydrogens (primary N) is 2. The van der Waals surface area contributed by atoms with Gasteiger partial charge in [0.2, 0.25) is 0 Å². The van der Waals surface area contributed by atoms with Gasteiger partial charge >= 0.3 is 0 Å². The van der Waals surface area contributed by atoms with Gasteiger partial charge in [-0.25, -0.2) is 0 Å². The zero-order chi connectivity index (χ0) is 13.3. The maximum atomic E-state index is 11.5. The Morgan fingerprint density at radius 2 is 1.94 bits per heavy atom. The molecular formula is C12H14N4OS. The molecule has 1 atom stereocenters. The summed E-state index contributed by atoms with van der Waals surface area (Å²) in [5.41, 5.74) is 13.4. The molecule has 6 heteroatoms. The monoisotopic (exact) mass is 262 g/mol. The fourth-order valence-corrected chi connectivity index (χ4v) is 2.10. The van der Waals surface area contributed by atoms with E-state index >= 15 is 0 Å². The number of nitrogens with one attached hydrogen (secondary N) is 2. The molecule has 0 saturated heterocycles. The fourth-order valence-electron chi connectivity index (χ4n) is 1.87. The molecule has 1 heterocycles. The van der Waals surface area contributed by atoms with Gasteiger partial charge in [0.05, 0.1) is 11.6 Å².